The fraction of sp³-hybridized carbons (Fsp3) is 0.368. The van der Waals surface area contributed by atoms with E-state index in [-0.39, 0.29) is 10.8 Å². The van der Waals surface area contributed by atoms with Gasteiger partial charge in [0.2, 0.25) is 0 Å². The van der Waals surface area contributed by atoms with Gasteiger partial charge >= 0.3 is 0 Å². The van der Waals surface area contributed by atoms with E-state index in [9.17, 15) is 0 Å². The second kappa shape index (κ2) is 11.4. The first kappa shape index (κ1) is 29.6. The predicted octanol–water partition coefficient (Wildman–Crippen LogP) is 10.1. The van der Waals surface area contributed by atoms with Crippen LogP contribution in [0, 0.1) is 33.6 Å². The summed E-state index contributed by atoms with van der Waals surface area (Å²) in [5.74, 6) is 4.11. The minimum absolute atomic E-state index is 0.0686. The largest absolute Gasteiger partial charge is 0.457 e. The summed E-state index contributed by atoms with van der Waals surface area (Å²) in [6, 6.07) is 24.6. The fourth-order valence-electron chi connectivity index (χ4n) is 6.75. The van der Waals surface area contributed by atoms with Gasteiger partial charge in [0.1, 0.15) is 23.0 Å². The van der Waals surface area contributed by atoms with E-state index in [4.69, 9.17) is 20.9 Å². The summed E-state index contributed by atoms with van der Waals surface area (Å²) in [5.41, 5.74) is 20.9. The molecular weight excluding hydrogens is 516 g/mol. The van der Waals surface area contributed by atoms with Crippen molar-refractivity contribution in [1.29, 1.82) is 0 Å². The Kier molecular flexibility index (Phi) is 8.02. The highest BCUT2D eigenvalue weighted by molar-refractivity contribution is 5.51. The molecule has 0 aliphatic heterocycles. The molecule has 4 N–H and O–H groups in total. The zero-order valence-corrected chi connectivity index (χ0v) is 26.3. The van der Waals surface area contributed by atoms with Crippen LogP contribution in [0.5, 0.6) is 23.0 Å². The quantitative estimate of drug-likeness (QED) is 0.220. The van der Waals surface area contributed by atoms with Gasteiger partial charge in [-0.3, -0.25) is 0 Å². The third-order valence-corrected chi connectivity index (χ3v) is 9.67. The van der Waals surface area contributed by atoms with Crippen molar-refractivity contribution in [2.45, 2.75) is 85.0 Å². The highest BCUT2D eigenvalue weighted by Crippen LogP contribution is 2.49. The molecule has 0 radical (unpaired) electrons. The Bertz CT molecular complexity index is 1510. The first-order valence-electron chi connectivity index (χ1n) is 15.2. The van der Waals surface area contributed by atoms with Crippen molar-refractivity contribution in [3.63, 3.8) is 0 Å². The van der Waals surface area contributed by atoms with Crippen molar-refractivity contribution >= 4 is 11.4 Å². The lowest BCUT2D eigenvalue weighted by Crippen LogP contribution is -2.37. The molecule has 0 spiro atoms. The van der Waals surface area contributed by atoms with Gasteiger partial charge < -0.3 is 20.9 Å². The second-order valence-electron chi connectivity index (χ2n) is 13.3. The highest BCUT2D eigenvalue weighted by Gasteiger charge is 2.40. The third-order valence-electron chi connectivity index (χ3n) is 9.67. The van der Waals surface area contributed by atoms with E-state index < -0.39 is 0 Å². The number of ether oxygens (including phenoxy) is 2. The first-order valence-corrected chi connectivity index (χ1v) is 15.2. The van der Waals surface area contributed by atoms with Crippen LogP contribution in [0.3, 0.4) is 0 Å². The zero-order valence-electron chi connectivity index (χ0n) is 26.3. The van der Waals surface area contributed by atoms with Crippen molar-refractivity contribution < 1.29 is 9.47 Å². The number of anilines is 2. The lowest BCUT2D eigenvalue weighted by Gasteiger charge is -2.44. The Morgan fingerprint density at radius 1 is 0.643 bits per heavy atom. The van der Waals surface area contributed by atoms with Crippen LogP contribution in [-0.2, 0) is 10.8 Å². The van der Waals surface area contributed by atoms with Crippen molar-refractivity contribution in [2.24, 2.45) is 5.92 Å². The monoisotopic (exact) mass is 562 g/mol. The van der Waals surface area contributed by atoms with Crippen LogP contribution in [0.15, 0.2) is 72.8 Å². The van der Waals surface area contributed by atoms with E-state index in [0.717, 1.165) is 34.4 Å². The predicted molar refractivity (Wildman–Crippen MR) is 176 cm³/mol. The summed E-state index contributed by atoms with van der Waals surface area (Å²) < 4.78 is 12.6. The van der Waals surface area contributed by atoms with E-state index in [0.29, 0.717) is 5.92 Å². The number of nitrogen functional groups attached to an aromatic ring is 2. The molecular formula is C38H46N2O2. The van der Waals surface area contributed by atoms with Crippen molar-refractivity contribution in [3.8, 4) is 23.0 Å². The van der Waals surface area contributed by atoms with Gasteiger partial charge in [0.15, 0.2) is 0 Å². The van der Waals surface area contributed by atoms with Gasteiger partial charge in [0.25, 0.3) is 0 Å². The molecule has 1 saturated carbocycles. The second-order valence-corrected chi connectivity index (χ2v) is 13.3. The summed E-state index contributed by atoms with van der Waals surface area (Å²) >= 11 is 0. The summed E-state index contributed by atoms with van der Waals surface area (Å²) in [6.45, 7) is 15.9. The molecule has 4 aromatic carbocycles. The van der Waals surface area contributed by atoms with Crippen LogP contribution in [0.2, 0.25) is 0 Å². The molecule has 0 saturated heterocycles. The van der Waals surface area contributed by atoms with Gasteiger partial charge in [-0.1, -0.05) is 45.0 Å². The standard InChI is InChI=1S/C38H46N2O2/c1-24-20-29(21-25(2)35(24)41-33-12-8-31(39)9-13-33)37(5,6)28-16-18-38(7,19-17-28)30-22-26(3)36(27(4)23-30)42-34-14-10-32(40)11-15-34/h8-15,20-23,28H,16-19,39-40H2,1-7H3. The maximum Gasteiger partial charge on any atom is 0.133 e. The molecule has 1 aliphatic carbocycles. The minimum Gasteiger partial charge on any atom is -0.457 e. The SMILES string of the molecule is Cc1cc(C2(C)CCC(C(C)(C)c3cc(C)c(Oc4ccc(N)cc4)c(C)c3)CC2)cc(C)c1Oc1ccc(N)cc1. The van der Waals surface area contributed by atoms with Crippen LogP contribution in [0.1, 0.15) is 79.8 Å². The molecule has 0 amide bonds. The Morgan fingerprint density at radius 2 is 1.02 bits per heavy atom. The molecule has 42 heavy (non-hydrogen) atoms. The van der Waals surface area contributed by atoms with Gasteiger partial charge in [-0.15, -0.1) is 0 Å². The fourth-order valence-corrected chi connectivity index (χ4v) is 6.75. The van der Waals surface area contributed by atoms with Crippen LogP contribution in [-0.4, -0.2) is 0 Å². The molecule has 0 atom stereocenters. The topological polar surface area (TPSA) is 70.5 Å². The summed E-state index contributed by atoms with van der Waals surface area (Å²) in [6.07, 6.45) is 4.75. The maximum absolute atomic E-state index is 6.28. The normalized spacial score (nSPS) is 19.0. The summed E-state index contributed by atoms with van der Waals surface area (Å²) in [5, 5.41) is 0. The molecule has 5 rings (SSSR count). The average Bonchev–Trinajstić information content (AvgIpc) is 2.94. The summed E-state index contributed by atoms with van der Waals surface area (Å²) in [4.78, 5) is 0. The maximum atomic E-state index is 6.28. The molecule has 0 aromatic heterocycles. The molecule has 1 aliphatic rings. The van der Waals surface area contributed by atoms with Crippen LogP contribution < -0.4 is 20.9 Å². The smallest absolute Gasteiger partial charge is 0.133 e. The molecule has 0 unspecified atom stereocenters. The first-order chi connectivity index (χ1) is 19.9. The number of hydrogen-bond acceptors (Lipinski definition) is 4. The minimum atomic E-state index is 0.0686. The molecule has 4 heteroatoms. The average molecular weight is 563 g/mol. The van der Waals surface area contributed by atoms with Crippen LogP contribution in [0.4, 0.5) is 11.4 Å². The number of benzene rings is 4. The van der Waals surface area contributed by atoms with E-state index in [1.807, 2.05) is 48.5 Å². The molecule has 220 valence electrons. The van der Waals surface area contributed by atoms with Gasteiger partial charge in [0, 0.05) is 11.4 Å². The molecule has 1 fully saturated rings. The third kappa shape index (κ3) is 5.99. The van der Waals surface area contributed by atoms with Crippen molar-refractivity contribution in [2.75, 3.05) is 11.5 Å². The lowest BCUT2D eigenvalue weighted by molar-refractivity contribution is 0.178. The molecule has 4 aromatic rings. The van der Waals surface area contributed by atoms with Crippen molar-refractivity contribution in [3.05, 3.63) is 106 Å². The van der Waals surface area contributed by atoms with Crippen LogP contribution >= 0.6 is 0 Å². The van der Waals surface area contributed by atoms with Crippen LogP contribution in [0.25, 0.3) is 0 Å². The highest BCUT2D eigenvalue weighted by atomic mass is 16.5. The van der Waals surface area contributed by atoms with E-state index >= 15 is 0 Å². The zero-order chi connectivity index (χ0) is 30.2. The number of rotatable bonds is 7. The van der Waals surface area contributed by atoms with E-state index in [1.165, 1.54) is 59.1 Å². The number of aryl methyl sites for hydroxylation is 4. The van der Waals surface area contributed by atoms with Crippen molar-refractivity contribution in [1.82, 2.24) is 0 Å². The summed E-state index contributed by atoms with van der Waals surface area (Å²) in [7, 11) is 0. The van der Waals surface area contributed by atoms with Gasteiger partial charge in [-0.2, -0.15) is 0 Å². The molecule has 0 bridgehead atoms. The lowest BCUT2D eigenvalue weighted by atomic mass is 9.60. The Labute approximate surface area is 252 Å². The van der Waals surface area contributed by atoms with Gasteiger partial charge in [-0.05, 0) is 152 Å². The number of nitrogens with two attached hydrogens (primary N) is 2. The number of hydrogen-bond donors (Lipinski definition) is 2. The van der Waals surface area contributed by atoms with Gasteiger partial charge in [-0.25, -0.2) is 0 Å². The molecule has 0 heterocycles. The Morgan fingerprint density at radius 3 is 1.43 bits per heavy atom. The Balaban J connectivity index is 1.30. The molecule has 4 nitrogen and oxygen atoms in total. The van der Waals surface area contributed by atoms with Gasteiger partial charge in [0.05, 0.1) is 0 Å². The Hall–Kier alpha value is -3.92. The van der Waals surface area contributed by atoms with E-state index in [1.54, 1.807) is 0 Å². The van der Waals surface area contributed by atoms with E-state index in [2.05, 4.69) is 72.7 Å².